The van der Waals surface area contributed by atoms with Gasteiger partial charge in [-0.15, -0.1) is 10.2 Å². The summed E-state index contributed by atoms with van der Waals surface area (Å²) in [4.78, 5) is 12.2. The molecule has 0 fully saturated rings. The van der Waals surface area contributed by atoms with Crippen molar-refractivity contribution in [2.75, 3.05) is 0 Å². The van der Waals surface area contributed by atoms with Gasteiger partial charge in [0.15, 0.2) is 0 Å². The standard InChI is InChI=1S/C19H26ClN3O3S/c1-6-12(2)15(21-17(24)26-19(3,4)5)16-22-23-18(25-16)27-11-13-8-7-9-14(20)10-13/h7-10,12,15H,6,11H2,1-5H3,(H,21,24)/t12-,15+/m1/s1. The van der Waals surface area contributed by atoms with Gasteiger partial charge in [-0.05, 0) is 44.4 Å². The zero-order valence-corrected chi connectivity index (χ0v) is 17.9. The molecule has 0 aliphatic carbocycles. The highest BCUT2D eigenvalue weighted by Gasteiger charge is 2.28. The smallest absolute Gasteiger partial charge is 0.408 e. The Morgan fingerprint density at radius 1 is 1.37 bits per heavy atom. The quantitative estimate of drug-likeness (QED) is 0.595. The highest BCUT2D eigenvalue weighted by atomic mass is 35.5. The molecule has 0 spiro atoms. The molecule has 2 rings (SSSR count). The van der Waals surface area contributed by atoms with E-state index in [1.54, 1.807) is 0 Å². The summed E-state index contributed by atoms with van der Waals surface area (Å²) < 4.78 is 11.1. The van der Waals surface area contributed by atoms with Crippen LogP contribution in [0.1, 0.15) is 58.5 Å². The van der Waals surface area contributed by atoms with Gasteiger partial charge in [-0.25, -0.2) is 4.79 Å². The first-order valence-corrected chi connectivity index (χ1v) is 10.2. The van der Waals surface area contributed by atoms with Crippen LogP contribution in [0.2, 0.25) is 5.02 Å². The molecule has 1 aromatic carbocycles. The maximum absolute atomic E-state index is 12.2. The Morgan fingerprint density at radius 2 is 2.11 bits per heavy atom. The number of amides is 1. The van der Waals surface area contributed by atoms with Crippen molar-refractivity contribution in [2.24, 2.45) is 5.92 Å². The lowest BCUT2D eigenvalue weighted by molar-refractivity contribution is 0.0474. The van der Waals surface area contributed by atoms with Gasteiger partial charge in [-0.2, -0.15) is 0 Å². The first-order chi connectivity index (χ1) is 12.7. The molecule has 1 aromatic heterocycles. The largest absolute Gasteiger partial charge is 0.444 e. The molecule has 0 aliphatic heterocycles. The molecule has 2 atom stereocenters. The number of thioether (sulfide) groups is 1. The van der Waals surface area contributed by atoms with Crippen LogP contribution in [0.4, 0.5) is 4.79 Å². The van der Waals surface area contributed by atoms with Crippen molar-refractivity contribution in [2.45, 2.75) is 63.7 Å². The Labute approximate surface area is 169 Å². The lowest BCUT2D eigenvalue weighted by Gasteiger charge is -2.24. The summed E-state index contributed by atoms with van der Waals surface area (Å²) >= 11 is 7.43. The third-order valence-corrected chi connectivity index (χ3v) is 4.95. The van der Waals surface area contributed by atoms with E-state index in [9.17, 15) is 4.79 Å². The van der Waals surface area contributed by atoms with Crippen molar-refractivity contribution in [3.8, 4) is 0 Å². The van der Waals surface area contributed by atoms with Gasteiger partial charge in [-0.1, -0.05) is 55.8 Å². The molecule has 148 valence electrons. The average Bonchev–Trinajstić information content (AvgIpc) is 3.04. The molecule has 0 saturated heterocycles. The minimum absolute atomic E-state index is 0.115. The topological polar surface area (TPSA) is 77.2 Å². The molecule has 0 aliphatic rings. The Bertz CT molecular complexity index is 761. The van der Waals surface area contributed by atoms with E-state index in [-0.39, 0.29) is 5.92 Å². The van der Waals surface area contributed by atoms with Gasteiger partial charge in [0, 0.05) is 10.8 Å². The van der Waals surface area contributed by atoms with Crippen molar-refractivity contribution in [1.82, 2.24) is 15.5 Å². The third-order valence-electron chi connectivity index (χ3n) is 3.82. The summed E-state index contributed by atoms with van der Waals surface area (Å²) in [6.07, 6.45) is 0.340. The summed E-state index contributed by atoms with van der Waals surface area (Å²) in [5.41, 5.74) is 0.495. The fourth-order valence-corrected chi connectivity index (χ4v) is 3.22. The van der Waals surface area contributed by atoms with Gasteiger partial charge in [0.05, 0.1) is 0 Å². The van der Waals surface area contributed by atoms with Crippen LogP contribution in [-0.2, 0) is 10.5 Å². The first-order valence-electron chi connectivity index (χ1n) is 8.88. The van der Waals surface area contributed by atoms with E-state index < -0.39 is 17.7 Å². The lowest BCUT2D eigenvalue weighted by Crippen LogP contribution is -2.37. The molecular formula is C19H26ClN3O3S. The molecule has 2 aromatic rings. The molecule has 0 radical (unpaired) electrons. The van der Waals surface area contributed by atoms with Crippen LogP contribution >= 0.6 is 23.4 Å². The predicted molar refractivity (Wildman–Crippen MR) is 107 cm³/mol. The predicted octanol–water partition coefficient (Wildman–Crippen LogP) is 5.63. The second-order valence-corrected chi connectivity index (χ2v) is 8.70. The van der Waals surface area contributed by atoms with Crippen molar-refractivity contribution < 1.29 is 13.9 Å². The van der Waals surface area contributed by atoms with E-state index >= 15 is 0 Å². The molecule has 1 N–H and O–H groups in total. The highest BCUT2D eigenvalue weighted by Crippen LogP contribution is 2.28. The van der Waals surface area contributed by atoms with Gasteiger partial charge in [0.1, 0.15) is 11.6 Å². The second-order valence-electron chi connectivity index (χ2n) is 7.33. The minimum Gasteiger partial charge on any atom is -0.444 e. The number of halogens is 1. The van der Waals surface area contributed by atoms with Crippen molar-refractivity contribution >= 4 is 29.5 Å². The molecule has 6 nitrogen and oxygen atoms in total. The minimum atomic E-state index is -0.573. The Morgan fingerprint density at radius 3 is 2.74 bits per heavy atom. The fraction of sp³-hybridized carbons (Fsp3) is 0.526. The van der Waals surface area contributed by atoms with E-state index in [1.807, 2.05) is 58.9 Å². The molecular weight excluding hydrogens is 386 g/mol. The van der Waals surface area contributed by atoms with Gasteiger partial charge < -0.3 is 14.5 Å². The second kappa shape index (κ2) is 9.46. The normalized spacial score (nSPS) is 13.9. The van der Waals surface area contributed by atoms with Gasteiger partial charge in [0.25, 0.3) is 5.22 Å². The summed E-state index contributed by atoms with van der Waals surface area (Å²) in [6, 6.07) is 7.22. The highest BCUT2D eigenvalue weighted by molar-refractivity contribution is 7.98. The number of aromatic nitrogens is 2. The zero-order valence-electron chi connectivity index (χ0n) is 16.3. The molecule has 8 heteroatoms. The lowest BCUT2D eigenvalue weighted by atomic mass is 9.99. The van der Waals surface area contributed by atoms with Gasteiger partial charge in [0.2, 0.25) is 5.89 Å². The Balaban J connectivity index is 2.05. The maximum Gasteiger partial charge on any atom is 0.408 e. The van der Waals surface area contributed by atoms with Crippen molar-refractivity contribution in [1.29, 1.82) is 0 Å². The zero-order chi connectivity index (χ0) is 20.0. The van der Waals surface area contributed by atoms with E-state index in [0.717, 1.165) is 12.0 Å². The van der Waals surface area contributed by atoms with Gasteiger partial charge >= 0.3 is 6.09 Å². The molecule has 0 unspecified atom stereocenters. The van der Waals surface area contributed by atoms with Gasteiger partial charge in [-0.3, -0.25) is 0 Å². The molecule has 1 heterocycles. The monoisotopic (exact) mass is 411 g/mol. The number of benzene rings is 1. The number of nitrogens with zero attached hydrogens (tertiary/aromatic N) is 2. The molecule has 1 amide bonds. The maximum atomic E-state index is 12.2. The number of alkyl carbamates (subject to hydrolysis) is 1. The van der Waals surface area contributed by atoms with E-state index in [4.69, 9.17) is 20.8 Å². The fourth-order valence-electron chi connectivity index (χ4n) is 2.29. The van der Waals surface area contributed by atoms with Crippen LogP contribution in [0.15, 0.2) is 33.9 Å². The number of rotatable bonds is 7. The van der Waals surface area contributed by atoms with Crippen LogP contribution in [0.3, 0.4) is 0 Å². The van der Waals surface area contributed by atoms with Crippen LogP contribution in [0, 0.1) is 5.92 Å². The van der Waals surface area contributed by atoms with Crippen LogP contribution in [-0.4, -0.2) is 21.9 Å². The number of carbonyl (C=O) groups is 1. The van der Waals surface area contributed by atoms with E-state index in [0.29, 0.717) is 21.9 Å². The summed E-state index contributed by atoms with van der Waals surface area (Å²) in [6.45, 7) is 9.52. The number of carbonyl (C=O) groups excluding carboxylic acids is 1. The van der Waals surface area contributed by atoms with Crippen molar-refractivity contribution in [3.63, 3.8) is 0 Å². The van der Waals surface area contributed by atoms with Crippen LogP contribution in [0.5, 0.6) is 0 Å². The Hall–Kier alpha value is -1.73. The summed E-state index contributed by atoms with van der Waals surface area (Å²) in [5.74, 6) is 1.16. The number of nitrogens with one attached hydrogen (secondary N) is 1. The van der Waals surface area contributed by atoms with Crippen LogP contribution in [0.25, 0.3) is 0 Å². The number of ether oxygens (including phenoxy) is 1. The van der Waals surface area contributed by atoms with Crippen molar-refractivity contribution in [3.05, 3.63) is 40.7 Å². The molecule has 0 bridgehead atoms. The number of hydrogen-bond acceptors (Lipinski definition) is 6. The third kappa shape index (κ3) is 7.07. The SMILES string of the molecule is CC[C@@H](C)[C@H](NC(=O)OC(C)(C)C)c1nnc(SCc2cccc(Cl)c2)o1. The molecule has 0 saturated carbocycles. The average molecular weight is 412 g/mol. The summed E-state index contributed by atoms with van der Waals surface area (Å²) in [7, 11) is 0. The van der Waals surface area contributed by atoms with Crippen LogP contribution < -0.4 is 5.32 Å². The first kappa shape index (κ1) is 21.6. The van der Waals surface area contributed by atoms with E-state index in [1.165, 1.54) is 11.8 Å². The molecule has 27 heavy (non-hydrogen) atoms. The summed E-state index contributed by atoms with van der Waals surface area (Å²) in [5, 5.41) is 12.2. The van der Waals surface area contributed by atoms with E-state index in [2.05, 4.69) is 15.5 Å². The number of hydrogen-bond donors (Lipinski definition) is 1. The Kier molecular flexibility index (Phi) is 7.56.